The van der Waals surface area contributed by atoms with Gasteiger partial charge in [-0.3, -0.25) is 19.0 Å². The number of benzene rings is 1. The second-order valence-corrected chi connectivity index (χ2v) is 7.38. The van der Waals surface area contributed by atoms with E-state index in [1.807, 2.05) is 30.3 Å². The molecule has 0 aliphatic heterocycles. The van der Waals surface area contributed by atoms with Crippen molar-refractivity contribution in [3.8, 4) is 0 Å². The molecule has 29 heavy (non-hydrogen) atoms. The molecule has 0 saturated heterocycles. The molecule has 8 nitrogen and oxygen atoms in total. The van der Waals surface area contributed by atoms with Gasteiger partial charge in [0.1, 0.15) is 5.82 Å². The molecule has 2 N–H and O–H groups in total. The van der Waals surface area contributed by atoms with Gasteiger partial charge in [0.15, 0.2) is 5.69 Å². The second-order valence-electron chi connectivity index (χ2n) is 7.38. The Morgan fingerprint density at radius 1 is 1.14 bits per heavy atom. The van der Waals surface area contributed by atoms with Crippen molar-refractivity contribution in [2.24, 2.45) is 13.0 Å². The Kier molecular flexibility index (Phi) is 5.41. The third-order valence-corrected chi connectivity index (χ3v) is 5.17. The van der Waals surface area contributed by atoms with Gasteiger partial charge in [0.25, 0.3) is 5.91 Å². The van der Waals surface area contributed by atoms with E-state index in [9.17, 15) is 9.59 Å². The van der Waals surface area contributed by atoms with Crippen molar-refractivity contribution in [2.75, 3.05) is 10.6 Å². The number of anilines is 2. The normalized spacial score (nSPS) is 14.1. The van der Waals surface area contributed by atoms with Crippen LogP contribution in [0.3, 0.4) is 0 Å². The lowest BCUT2D eigenvalue weighted by Crippen LogP contribution is -2.21. The fourth-order valence-electron chi connectivity index (χ4n) is 3.59. The summed E-state index contributed by atoms with van der Waals surface area (Å²) in [5.74, 6) is 0.227. The van der Waals surface area contributed by atoms with Crippen molar-refractivity contribution in [3.05, 3.63) is 60.0 Å². The number of aromatic nitrogens is 4. The van der Waals surface area contributed by atoms with E-state index in [2.05, 4.69) is 20.8 Å². The van der Waals surface area contributed by atoms with Crippen LogP contribution in [0, 0.1) is 5.92 Å². The summed E-state index contributed by atoms with van der Waals surface area (Å²) in [5.41, 5.74) is 1.96. The van der Waals surface area contributed by atoms with Crippen molar-refractivity contribution in [2.45, 2.75) is 32.2 Å². The molecule has 2 amide bonds. The Morgan fingerprint density at radius 3 is 2.66 bits per heavy atom. The number of amides is 2. The van der Waals surface area contributed by atoms with Gasteiger partial charge >= 0.3 is 0 Å². The molecule has 2 aromatic heterocycles. The Balaban J connectivity index is 1.38. The van der Waals surface area contributed by atoms with Crippen LogP contribution in [0.4, 0.5) is 11.5 Å². The van der Waals surface area contributed by atoms with Crippen molar-refractivity contribution >= 4 is 23.3 Å². The molecule has 0 unspecified atom stereocenters. The van der Waals surface area contributed by atoms with Crippen molar-refractivity contribution < 1.29 is 9.59 Å². The molecule has 1 aromatic carbocycles. The molecule has 0 radical (unpaired) electrons. The van der Waals surface area contributed by atoms with E-state index in [1.54, 1.807) is 30.2 Å². The molecule has 0 bridgehead atoms. The highest BCUT2D eigenvalue weighted by atomic mass is 16.2. The maximum absolute atomic E-state index is 12.6. The Hall–Kier alpha value is -3.42. The summed E-state index contributed by atoms with van der Waals surface area (Å²) < 4.78 is 3.28. The maximum Gasteiger partial charge on any atom is 0.276 e. The summed E-state index contributed by atoms with van der Waals surface area (Å²) in [6.45, 7) is 0.623. The highest BCUT2D eigenvalue weighted by Gasteiger charge is 2.24. The third-order valence-electron chi connectivity index (χ3n) is 5.17. The standard InChI is InChI=1S/C21H24N6O2/c1-26-19(24-20(28)16-9-5-6-10-16)11-18(25-26)21(29)23-17-12-22-27(14-17)13-15-7-3-2-4-8-15/h2-4,7-8,11-12,14,16H,5-6,9-10,13H2,1H3,(H,23,29)(H,24,28). The predicted molar refractivity (Wildman–Crippen MR) is 110 cm³/mol. The highest BCUT2D eigenvalue weighted by molar-refractivity contribution is 6.03. The van der Waals surface area contributed by atoms with Gasteiger partial charge in [0, 0.05) is 25.2 Å². The summed E-state index contributed by atoms with van der Waals surface area (Å²) in [5, 5.41) is 14.2. The first-order valence-corrected chi connectivity index (χ1v) is 9.81. The fourth-order valence-corrected chi connectivity index (χ4v) is 3.59. The zero-order chi connectivity index (χ0) is 20.2. The molecule has 3 aromatic rings. The molecule has 150 valence electrons. The molecule has 8 heteroatoms. The van der Waals surface area contributed by atoms with Crippen molar-refractivity contribution in [1.82, 2.24) is 19.6 Å². The number of hydrogen-bond donors (Lipinski definition) is 2. The van der Waals surface area contributed by atoms with Crippen LogP contribution in [0.5, 0.6) is 0 Å². The Labute approximate surface area is 168 Å². The minimum atomic E-state index is -0.346. The van der Waals surface area contributed by atoms with Gasteiger partial charge in [-0.05, 0) is 18.4 Å². The maximum atomic E-state index is 12.6. The van der Waals surface area contributed by atoms with E-state index in [0.717, 1.165) is 31.2 Å². The number of rotatable bonds is 6. The van der Waals surface area contributed by atoms with Crippen molar-refractivity contribution in [1.29, 1.82) is 0 Å². The third kappa shape index (κ3) is 4.53. The van der Waals surface area contributed by atoms with Crippen LogP contribution >= 0.6 is 0 Å². The quantitative estimate of drug-likeness (QED) is 0.674. The molecular formula is C21H24N6O2. The number of nitrogens with one attached hydrogen (secondary N) is 2. The first-order valence-electron chi connectivity index (χ1n) is 9.81. The van der Waals surface area contributed by atoms with Gasteiger partial charge in [-0.15, -0.1) is 0 Å². The zero-order valence-electron chi connectivity index (χ0n) is 16.3. The van der Waals surface area contributed by atoms with Crippen LogP contribution in [-0.4, -0.2) is 31.4 Å². The highest BCUT2D eigenvalue weighted by Crippen LogP contribution is 2.26. The summed E-state index contributed by atoms with van der Waals surface area (Å²) in [7, 11) is 1.71. The van der Waals surface area contributed by atoms with E-state index in [4.69, 9.17) is 0 Å². The smallest absolute Gasteiger partial charge is 0.276 e. The minimum absolute atomic E-state index is 0.000327. The van der Waals surface area contributed by atoms with Crippen LogP contribution < -0.4 is 10.6 Å². The molecule has 2 heterocycles. The average molecular weight is 392 g/mol. The number of nitrogens with zero attached hydrogens (tertiary/aromatic N) is 4. The minimum Gasteiger partial charge on any atom is -0.318 e. The predicted octanol–water partition coefficient (Wildman–Crippen LogP) is 3.05. The SMILES string of the molecule is Cn1nc(C(=O)Nc2cnn(Cc3ccccc3)c2)cc1NC(=O)C1CCCC1. The first-order chi connectivity index (χ1) is 14.1. The van der Waals surface area contributed by atoms with Gasteiger partial charge in [-0.2, -0.15) is 10.2 Å². The topological polar surface area (TPSA) is 93.8 Å². The largest absolute Gasteiger partial charge is 0.318 e. The van der Waals surface area contributed by atoms with Crippen LogP contribution in [-0.2, 0) is 18.4 Å². The number of aryl methyl sites for hydroxylation is 1. The zero-order valence-corrected chi connectivity index (χ0v) is 16.3. The first kappa shape index (κ1) is 18.9. The van der Waals surface area contributed by atoms with E-state index >= 15 is 0 Å². The van der Waals surface area contributed by atoms with Gasteiger partial charge < -0.3 is 10.6 Å². The van der Waals surface area contributed by atoms with E-state index in [1.165, 1.54) is 4.68 Å². The summed E-state index contributed by atoms with van der Waals surface area (Å²) in [4.78, 5) is 24.9. The second kappa shape index (κ2) is 8.30. The van der Waals surface area contributed by atoms with Crippen LogP contribution in [0.15, 0.2) is 48.8 Å². The van der Waals surface area contributed by atoms with Gasteiger partial charge in [-0.25, -0.2) is 0 Å². The Morgan fingerprint density at radius 2 is 1.90 bits per heavy atom. The summed E-state index contributed by atoms with van der Waals surface area (Å²) >= 11 is 0. The van der Waals surface area contributed by atoms with E-state index in [0.29, 0.717) is 18.1 Å². The van der Waals surface area contributed by atoms with Crippen molar-refractivity contribution in [3.63, 3.8) is 0 Å². The molecule has 1 saturated carbocycles. The summed E-state index contributed by atoms with van der Waals surface area (Å²) in [6, 6.07) is 11.6. The monoisotopic (exact) mass is 392 g/mol. The van der Waals surface area contributed by atoms with Gasteiger partial charge in [-0.1, -0.05) is 43.2 Å². The molecule has 1 fully saturated rings. The van der Waals surface area contributed by atoms with Crippen LogP contribution in [0.25, 0.3) is 0 Å². The lowest BCUT2D eigenvalue weighted by Gasteiger charge is -2.09. The molecule has 1 aliphatic carbocycles. The van der Waals surface area contributed by atoms with Gasteiger partial charge in [0.2, 0.25) is 5.91 Å². The van der Waals surface area contributed by atoms with E-state index < -0.39 is 0 Å². The molecule has 0 spiro atoms. The average Bonchev–Trinajstić information content (AvgIpc) is 3.45. The van der Waals surface area contributed by atoms with Crippen LogP contribution in [0.2, 0.25) is 0 Å². The lowest BCUT2D eigenvalue weighted by molar-refractivity contribution is -0.119. The van der Waals surface area contributed by atoms with Gasteiger partial charge in [0.05, 0.1) is 18.4 Å². The molecule has 4 rings (SSSR count). The number of carbonyl (C=O) groups is 2. The summed E-state index contributed by atoms with van der Waals surface area (Å²) in [6.07, 6.45) is 7.40. The lowest BCUT2D eigenvalue weighted by atomic mass is 10.1. The Bertz CT molecular complexity index is 1000. The molecule has 1 aliphatic rings. The number of hydrogen-bond acceptors (Lipinski definition) is 4. The number of carbonyl (C=O) groups excluding carboxylic acids is 2. The fraction of sp³-hybridized carbons (Fsp3) is 0.333. The molecule has 0 atom stereocenters. The van der Waals surface area contributed by atoms with Crippen LogP contribution in [0.1, 0.15) is 41.7 Å². The van der Waals surface area contributed by atoms with E-state index in [-0.39, 0.29) is 23.4 Å². The molecular weight excluding hydrogens is 368 g/mol.